The van der Waals surface area contributed by atoms with Crippen LogP contribution in [-0.2, 0) is 10.8 Å². The Kier molecular flexibility index (Phi) is 9.21. The van der Waals surface area contributed by atoms with Crippen LogP contribution in [0, 0.1) is 0 Å². The summed E-state index contributed by atoms with van der Waals surface area (Å²) >= 11 is 0. The van der Waals surface area contributed by atoms with E-state index in [9.17, 15) is 0 Å². The minimum atomic E-state index is -0.178. The van der Waals surface area contributed by atoms with Gasteiger partial charge in [-0.2, -0.15) is 0 Å². The molecule has 1 aliphatic carbocycles. The molecule has 0 radical (unpaired) electrons. The highest BCUT2D eigenvalue weighted by molar-refractivity contribution is 6.29. The Hall–Kier alpha value is -8.72. The third-order valence-corrected chi connectivity index (χ3v) is 17.3. The standard InChI is InChI=1S/C72H54N2/c1-71(2)61-29-13-17-33-65(61)73(66-34-18-14-30-62(66)71)47-37-39-55-59(43-47)69(57-41-45-21-5-7-23-49(45)51-25-9-11-27-53(51)57)56-40-38-48(74-67-35-19-15-31-63(67)72(3,4)64-32-16-20-36-68(64)74)44-60(56)70(55)58-42-46-22-6-8-24-50(46)52-26-10-12-28-54(52)58/h5-15,17-31,33-44H,16,32H2,1-4H3. The number of nitrogens with zero attached hydrogens (tertiary/aromatic N) is 2. The summed E-state index contributed by atoms with van der Waals surface area (Å²) < 4.78 is 0. The molecule has 74 heavy (non-hydrogen) atoms. The van der Waals surface area contributed by atoms with Gasteiger partial charge in [0.05, 0.1) is 17.1 Å². The second-order valence-corrected chi connectivity index (χ2v) is 21.9. The molecule has 12 aromatic rings. The van der Waals surface area contributed by atoms with E-state index in [2.05, 4.69) is 268 Å². The van der Waals surface area contributed by atoms with Gasteiger partial charge in [-0.05, 0) is 183 Å². The number of para-hydroxylation sites is 3. The van der Waals surface area contributed by atoms with Crippen LogP contribution in [0.1, 0.15) is 57.2 Å². The van der Waals surface area contributed by atoms with Crippen molar-refractivity contribution in [2.75, 3.05) is 9.80 Å². The molecule has 0 fully saturated rings. The van der Waals surface area contributed by atoms with Crippen LogP contribution in [-0.4, -0.2) is 0 Å². The molecule has 0 N–H and O–H groups in total. The molecule has 0 amide bonds. The van der Waals surface area contributed by atoms with Gasteiger partial charge in [-0.25, -0.2) is 0 Å². The fourth-order valence-electron chi connectivity index (χ4n) is 13.8. The minimum absolute atomic E-state index is 0.0947. The highest BCUT2D eigenvalue weighted by Gasteiger charge is 2.39. The zero-order valence-electron chi connectivity index (χ0n) is 42.2. The van der Waals surface area contributed by atoms with E-state index in [0.717, 1.165) is 18.5 Å². The van der Waals surface area contributed by atoms with Crippen LogP contribution >= 0.6 is 0 Å². The molecular formula is C72H54N2. The molecule has 0 unspecified atom stereocenters. The van der Waals surface area contributed by atoms with Gasteiger partial charge in [-0.1, -0.05) is 198 Å². The topological polar surface area (TPSA) is 6.48 Å². The lowest BCUT2D eigenvalue weighted by molar-refractivity contribution is 0.571. The highest BCUT2D eigenvalue weighted by Crippen LogP contribution is 2.56. The van der Waals surface area contributed by atoms with Crippen molar-refractivity contribution in [1.29, 1.82) is 0 Å². The number of anilines is 5. The lowest BCUT2D eigenvalue weighted by Gasteiger charge is -2.44. The molecule has 2 aliphatic heterocycles. The molecule has 0 aromatic heterocycles. The highest BCUT2D eigenvalue weighted by atomic mass is 15.2. The molecule has 352 valence electrons. The first kappa shape index (κ1) is 42.9. The fourth-order valence-corrected chi connectivity index (χ4v) is 13.8. The fraction of sp³-hybridized carbons (Fsp3) is 0.111. The predicted octanol–water partition coefficient (Wildman–Crippen LogP) is 20.1. The van der Waals surface area contributed by atoms with Crippen molar-refractivity contribution >= 4 is 93.1 Å². The molecule has 12 aromatic carbocycles. The summed E-state index contributed by atoms with van der Waals surface area (Å²) in [6.45, 7) is 9.58. The monoisotopic (exact) mass is 946 g/mol. The Bertz CT molecular complexity index is 4400. The second kappa shape index (κ2) is 15.9. The Morgan fingerprint density at radius 1 is 0.338 bits per heavy atom. The predicted molar refractivity (Wildman–Crippen MR) is 316 cm³/mol. The van der Waals surface area contributed by atoms with Crippen LogP contribution in [0.4, 0.5) is 28.4 Å². The molecule has 0 saturated heterocycles. The lowest BCUT2D eigenvalue weighted by atomic mass is 9.70. The van der Waals surface area contributed by atoms with Crippen LogP contribution in [0.2, 0.25) is 0 Å². The van der Waals surface area contributed by atoms with Crippen molar-refractivity contribution in [3.8, 4) is 22.3 Å². The molecule has 2 heterocycles. The molecular weight excluding hydrogens is 893 g/mol. The zero-order valence-corrected chi connectivity index (χ0v) is 42.2. The van der Waals surface area contributed by atoms with E-state index in [-0.39, 0.29) is 10.8 Å². The van der Waals surface area contributed by atoms with Crippen molar-refractivity contribution in [2.24, 2.45) is 0 Å². The van der Waals surface area contributed by atoms with E-state index in [1.165, 1.54) is 138 Å². The van der Waals surface area contributed by atoms with E-state index in [0.29, 0.717) is 0 Å². The van der Waals surface area contributed by atoms with Crippen LogP contribution in [0.15, 0.2) is 242 Å². The van der Waals surface area contributed by atoms with Gasteiger partial charge < -0.3 is 9.80 Å². The molecule has 0 bridgehead atoms. The lowest BCUT2D eigenvalue weighted by Crippen LogP contribution is -2.34. The largest absolute Gasteiger partial charge is 0.310 e. The SMILES string of the molecule is CC1(C)C2=C(C=CCC2)N(c2ccc3c(-c4cc5ccccc5c5ccccc45)c4cc(N5c6ccccc6C(C)(C)c6ccccc65)ccc4c(-c4cc5ccccc5c5ccccc45)c3c2)c2ccccc21. The summed E-state index contributed by atoms with van der Waals surface area (Å²) in [7, 11) is 0. The Morgan fingerprint density at radius 2 is 0.743 bits per heavy atom. The Balaban J connectivity index is 1.13. The van der Waals surface area contributed by atoms with Crippen molar-refractivity contribution in [2.45, 2.75) is 51.4 Å². The van der Waals surface area contributed by atoms with Gasteiger partial charge in [-0.3, -0.25) is 0 Å². The van der Waals surface area contributed by atoms with Gasteiger partial charge in [0.1, 0.15) is 0 Å². The number of allylic oxidation sites excluding steroid dienone is 3. The van der Waals surface area contributed by atoms with Gasteiger partial charge in [-0.15, -0.1) is 0 Å². The maximum atomic E-state index is 2.57. The molecule has 0 saturated carbocycles. The first-order valence-corrected chi connectivity index (χ1v) is 26.4. The average Bonchev–Trinajstić information content (AvgIpc) is 3.45. The molecule has 3 aliphatic rings. The van der Waals surface area contributed by atoms with Crippen molar-refractivity contribution in [1.82, 2.24) is 0 Å². The Labute approximate surface area is 432 Å². The number of rotatable bonds is 4. The molecule has 15 rings (SSSR count). The van der Waals surface area contributed by atoms with Gasteiger partial charge in [0.2, 0.25) is 0 Å². The first-order chi connectivity index (χ1) is 36.3. The molecule has 2 nitrogen and oxygen atoms in total. The number of hydrogen-bond acceptors (Lipinski definition) is 2. The summed E-state index contributed by atoms with van der Waals surface area (Å²) in [6.07, 6.45) is 6.86. The third-order valence-electron chi connectivity index (χ3n) is 17.3. The van der Waals surface area contributed by atoms with E-state index in [1.54, 1.807) is 0 Å². The summed E-state index contributed by atoms with van der Waals surface area (Å²) in [5, 5.41) is 14.9. The van der Waals surface area contributed by atoms with E-state index >= 15 is 0 Å². The van der Waals surface area contributed by atoms with Crippen molar-refractivity contribution < 1.29 is 0 Å². The molecule has 0 spiro atoms. The van der Waals surface area contributed by atoms with Gasteiger partial charge in [0.15, 0.2) is 0 Å². The summed E-state index contributed by atoms with van der Waals surface area (Å²) in [5.74, 6) is 0. The third kappa shape index (κ3) is 6.06. The molecule has 0 atom stereocenters. The minimum Gasteiger partial charge on any atom is -0.310 e. The maximum absolute atomic E-state index is 2.57. The number of fused-ring (bicyclic) bond motifs is 11. The zero-order chi connectivity index (χ0) is 49.5. The van der Waals surface area contributed by atoms with Gasteiger partial charge in [0.25, 0.3) is 0 Å². The summed E-state index contributed by atoms with van der Waals surface area (Å²) in [5.41, 5.74) is 17.5. The quantitative estimate of drug-likeness (QED) is 0.128. The first-order valence-electron chi connectivity index (χ1n) is 26.4. The van der Waals surface area contributed by atoms with E-state index in [1.807, 2.05) is 0 Å². The van der Waals surface area contributed by atoms with Crippen LogP contribution in [0.25, 0.3) is 86.9 Å². The molecule has 2 heteroatoms. The van der Waals surface area contributed by atoms with E-state index in [4.69, 9.17) is 0 Å². The Morgan fingerprint density at radius 3 is 1.26 bits per heavy atom. The second-order valence-electron chi connectivity index (χ2n) is 21.9. The van der Waals surface area contributed by atoms with E-state index < -0.39 is 0 Å². The summed E-state index contributed by atoms with van der Waals surface area (Å²) in [6, 6.07) is 82.9. The maximum Gasteiger partial charge on any atom is 0.0502 e. The summed E-state index contributed by atoms with van der Waals surface area (Å²) in [4.78, 5) is 5.09. The smallest absolute Gasteiger partial charge is 0.0502 e. The van der Waals surface area contributed by atoms with Crippen LogP contribution < -0.4 is 9.80 Å². The van der Waals surface area contributed by atoms with Crippen molar-refractivity contribution in [3.05, 3.63) is 259 Å². The number of hydrogen-bond donors (Lipinski definition) is 0. The number of benzene rings is 12. The van der Waals surface area contributed by atoms with Gasteiger partial charge >= 0.3 is 0 Å². The normalized spacial score (nSPS) is 15.5. The average molecular weight is 947 g/mol. The van der Waals surface area contributed by atoms with Gasteiger partial charge in [0, 0.05) is 27.9 Å². The van der Waals surface area contributed by atoms with Crippen LogP contribution in [0.3, 0.4) is 0 Å². The van der Waals surface area contributed by atoms with Crippen molar-refractivity contribution in [3.63, 3.8) is 0 Å². The van der Waals surface area contributed by atoms with Crippen LogP contribution in [0.5, 0.6) is 0 Å².